The fraction of sp³-hybridized carbons (Fsp3) is 0.0667. The van der Waals surface area contributed by atoms with Crippen molar-refractivity contribution in [1.29, 1.82) is 0 Å². The van der Waals surface area contributed by atoms with E-state index in [2.05, 4.69) is 45.6 Å². The van der Waals surface area contributed by atoms with Crippen molar-refractivity contribution in [1.82, 2.24) is 4.90 Å². The molecule has 0 spiro atoms. The second kappa shape index (κ2) is 5.19. The van der Waals surface area contributed by atoms with Crippen LogP contribution < -0.4 is 0 Å². The molecule has 0 aromatic heterocycles. The average molecular weight is 288 g/mol. The molecule has 1 nitrogen and oxygen atoms in total. The zero-order chi connectivity index (χ0) is 12.3. The highest BCUT2D eigenvalue weighted by atomic mass is 79.9. The van der Waals surface area contributed by atoms with Crippen LogP contribution in [0.3, 0.4) is 0 Å². The first-order valence-electron chi connectivity index (χ1n) is 5.47. The van der Waals surface area contributed by atoms with Crippen LogP contribution in [0.4, 0.5) is 0 Å². The predicted octanol–water partition coefficient (Wildman–Crippen LogP) is 4.67. The molecular formula is C15H14BrN. The van der Waals surface area contributed by atoms with Gasteiger partial charge in [0.05, 0.1) is 0 Å². The molecule has 1 heterocycles. The first-order valence-corrected chi connectivity index (χ1v) is 6.27. The van der Waals surface area contributed by atoms with Crippen LogP contribution in [0.25, 0.3) is 5.70 Å². The maximum Gasteiger partial charge on any atom is 0.0485 e. The third-order valence-corrected chi connectivity index (χ3v) is 3.07. The molecule has 0 saturated heterocycles. The molecule has 0 fully saturated rings. The van der Waals surface area contributed by atoms with E-state index in [1.165, 1.54) is 5.56 Å². The Morgan fingerprint density at radius 3 is 2.59 bits per heavy atom. The van der Waals surface area contributed by atoms with E-state index < -0.39 is 0 Å². The maximum atomic E-state index is 4.06. The topological polar surface area (TPSA) is 3.24 Å². The van der Waals surface area contributed by atoms with Crippen molar-refractivity contribution in [3.8, 4) is 0 Å². The molecule has 1 aliphatic rings. The fourth-order valence-electron chi connectivity index (χ4n) is 1.78. The molecule has 1 aliphatic heterocycles. The lowest BCUT2D eigenvalue weighted by atomic mass is 10.1. The lowest BCUT2D eigenvalue weighted by Gasteiger charge is -2.26. The third-order valence-electron chi connectivity index (χ3n) is 2.60. The SMILES string of the molecule is C=C1C=CC(Br)=CN1/C(=C\C)c1ccccc1. The van der Waals surface area contributed by atoms with Gasteiger partial charge in [0, 0.05) is 22.1 Å². The number of allylic oxidation sites excluding steroid dienone is 4. The summed E-state index contributed by atoms with van der Waals surface area (Å²) >= 11 is 3.49. The van der Waals surface area contributed by atoms with Gasteiger partial charge in [0.1, 0.15) is 0 Å². The van der Waals surface area contributed by atoms with Crippen molar-refractivity contribution >= 4 is 21.6 Å². The molecule has 1 aromatic carbocycles. The van der Waals surface area contributed by atoms with Crippen LogP contribution in [-0.2, 0) is 0 Å². The van der Waals surface area contributed by atoms with E-state index in [1.807, 2.05) is 43.5 Å². The van der Waals surface area contributed by atoms with Crippen molar-refractivity contribution in [2.45, 2.75) is 6.92 Å². The molecule has 0 N–H and O–H groups in total. The van der Waals surface area contributed by atoms with Crippen LogP contribution in [-0.4, -0.2) is 4.90 Å². The average Bonchev–Trinajstić information content (AvgIpc) is 2.36. The quantitative estimate of drug-likeness (QED) is 0.764. The van der Waals surface area contributed by atoms with Crippen LogP contribution >= 0.6 is 15.9 Å². The zero-order valence-electron chi connectivity index (χ0n) is 9.73. The van der Waals surface area contributed by atoms with E-state index >= 15 is 0 Å². The Morgan fingerprint density at radius 1 is 1.24 bits per heavy atom. The lowest BCUT2D eigenvalue weighted by molar-refractivity contribution is 0.675. The fourth-order valence-corrected chi connectivity index (χ4v) is 2.12. The second-order valence-corrected chi connectivity index (χ2v) is 4.66. The summed E-state index contributed by atoms with van der Waals surface area (Å²) in [7, 11) is 0. The summed E-state index contributed by atoms with van der Waals surface area (Å²) in [5.41, 5.74) is 3.28. The van der Waals surface area contributed by atoms with E-state index in [-0.39, 0.29) is 0 Å². The molecule has 1 aromatic rings. The molecule has 0 bridgehead atoms. The molecular weight excluding hydrogens is 274 g/mol. The largest absolute Gasteiger partial charge is 0.316 e. The number of rotatable bonds is 2. The summed E-state index contributed by atoms with van der Waals surface area (Å²) in [4.78, 5) is 2.08. The minimum Gasteiger partial charge on any atom is -0.316 e. The van der Waals surface area contributed by atoms with Crippen LogP contribution in [0.15, 0.2) is 71.5 Å². The van der Waals surface area contributed by atoms with E-state index in [4.69, 9.17) is 0 Å². The van der Waals surface area contributed by atoms with Gasteiger partial charge in [-0.2, -0.15) is 0 Å². The highest BCUT2D eigenvalue weighted by Crippen LogP contribution is 2.28. The molecule has 0 amide bonds. The maximum absolute atomic E-state index is 4.06. The highest BCUT2D eigenvalue weighted by Gasteiger charge is 2.13. The number of hydrogen-bond donors (Lipinski definition) is 0. The van der Waals surface area contributed by atoms with Gasteiger partial charge in [-0.15, -0.1) is 0 Å². The van der Waals surface area contributed by atoms with Gasteiger partial charge in [0.15, 0.2) is 0 Å². The Balaban J connectivity index is 2.39. The summed E-state index contributed by atoms with van der Waals surface area (Å²) < 4.78 is 1.04. The Morgan fingerprint density at radius 2 is 1.94 bits per heavy atom. The van der Waals surface area contributed by atoms with Crippen LogP contribution in [0, 0.1) is 0 Å². The van der Waals surface area contributed by atoms with E-state index in [9.17, 15) is 0 Å². The molecule has 2 heteroatoms. The second-order valence-electron chi connectivity index (χ2n) is 3.75. The van der Waals surface area contributed by atoms with Gasteiger partial charge in [-0.1, -0.05) is 43.0 Å². The van der Waals surface area contributed by atoms with Crippen LogP contribution in [0.2, 0.25) is 0 Å². The summed E-state index contributed by atoms with van der Waals surface area (Å²) in [6.07, 6.45) is 8.12. The smallest absolute Gasteiger partial charge is 0.0485 e. The van der Waals surface area contributed by atoms with Crippen molar-refractivity contribution in [2.24, 2.45) is 0 Å². The van der Waals surface area contributed by atoms with Crippen molar-refractivity contribution in [3.63, 3.8) is 0 Å². The van der Waals surface area contributed by atoms with Gasteiger partial charge in [0.2, 0.25) is 0 Å². The Hall–Kier alpha value is -1.54. The zero-order valence-corrected chi connectivity index (χ0v) is 11.3. The van der Waals surface area contributed by atoms with E-state index in [0.717, 1.165) is 15.9 Å². The Labute approximate surface area is 111 Å². The molecule has 0 atom stereocenters. The summed E-state index contributed by atoms with van der Waals surface area (Å²) in [5, 5.41) is 0. The summed E-state index contributed by atoms with van der Waals surface area (Å²) in [6, 6.07) is 10.3. The monoisotopic (exact) mass is 287 g/mol. The van der Waals surface area contributed by atoms with E-state index in [0.29, 0.717) is 0 Å². The molecule has 0 aliphatic carbocycles. The van der Waals surface area contributed by atoms with E-state index in [1.54, 1.807) is 0 Å². The molecule has 2 rings (SSSR count). The van der Waals surface area contributed by atoms with Crippen LogP contribution in [0.1, 0.15) is 12.5 Å². The number of benzene rings is 1. The normalized spacial score (nSPS) is 16.1. The first kappa shape index (κ1) is 11.9. The van der Waals surface area contributed by atoms with Crippen molar-refractivity contribution in [2.75, 3.05) is 0 Å². The van der Waals surface area contributed by atoms with Gasteiger partial charge in [-0.25, -0.2) is 0 Å². The van der Waals surface area contributed by atoms with Crippen molar-refractivity contribution in [3.05, 3.63) is 77.1 Å². The lowest BCUT2D eigenvalue weighted by Crippen LogP contribution is -2.15. The van der Waals surface area contributed by atoms with Crippen LogP contribution in [0.5, 0.6) is 0 Å². The number of halogens is 1. The number of hydrogen-bond acceptors (Lipinski definition) is 1. The molecule has 86 valence electrons. The van der Waals surface area contributed by atoms with Gasteiger partial charge < -0.3 is 4.90 Å². The van der Waals surface area contributed by atoms with Gasteiger partial charge >= 0.3 is 0 Å². The number of nitrogens with zero attached hydrogens (tertiary/aromatic N) is 1. The Kier molecular flexibility index (Phi) is 3.64. The van der Waals surface area contributed by atoms with Gasteiger partial charge in [0.25, 0.3) is 0 Å². The minimum absolute atomic E-state index is 0.963. The standard InChI is InChI=1S/C15H14BrN/c1-3-15(13-7-5-4-6-8-13)17-11-14(16)10-9-12(17)2/h3-11H,2H2,1H3/b15-3-. The third kappa shape index (κ3) is 2.59. The highest BCUT2D eigenvalue weighted by molar-refractivity contribution is 9.11. The summed E-state index contributed by atoms with van der Waals surface area (Å²) in [6.45, 7) is 6.09. The van der Waals surface area contributed by atoms with Crippen molar-refractivity contribution < 1.29 is 0 Å². The first-order chi connectivity index (χ1) is 8.22. The minimum atomic E-state index is 0.963. The molecule has 0 saturated carbocycles. The molecule has 0 unspecified atom stereocenters. The predicted molar refractivity (Wildman–Crippen MR) is 77.2 cm³/mol. The molecule has 0 radical (unpaired) electrons. The molecule has 17 heavy (non-hydrogen) atoms. The Bertz CT molecular complexity index is 509. The van der Waals surface area contributed by atoms with Gasteiger partial charge in [-0.3, -0.25) is 0 Å². The van der Waals surface area contributed by atoms with Gasteiger partial charge in [-0.05, 0) is 40.6 Å². The summed E-state index contributed by atoms with van der Waals surface area (Å²) in [5.74, 6) is 0.